The van der Waals surface area contributed by atoms with Gasteiger partial charge in [-0.25, -0.2) is 23.5 Å². The van der Waals surface area contributed by atoms with E-state index in [1.54, 1.807) is 24.1 Å². The maximum atomic E-state index is 11.9. The van der Waals surface area contributed by atoms with E-state index in [1.807, 2.05) is 5.32 Å². The van der Waals surface area contributed by atoms with Crippen molar-refractivity contribution in [2.45, 2.75) is 6.43 Å². The Morgan fingerprint density at radius 3 is 2.75 bits per heavy atom. The van der Waals surface area contributed by atoms with Crippen molar-refractivity contribution in [3.05, 3.63) is 24.8 Å². The molecule has 20 heavy (non-hydrogen) atoms. The number of nitrogens with zero attached hydrogens (tertiary/aromatic N) is 4. The first-order chi connectivity index (χ1) is 9.54. The molecule has 0 aliphatic rings. The molecule has 0 unspecified atom stereocenters. The van der Waals surface area contributed by atoms with Gasteiger partial charge in [-0.3, -0.25) is 4.68 Å². The molecule has 0 aromatic carbocycles. The number of halogens is 2. The van der Waals surface area contributed by atoms with Crippen molar-refractivity contribution in [2.75, 3.05) is 6.54 Å². The summed E-state index contributed by atoms with van der Waals surface area (Å²) < 4.78 is 30.0. The van der Waals surface area contributed by atoms with Gasteiger partial charge in [-0.2, -0.15) is 5.10 Å². The van der Waals surface area contributed by atoms with Gasteiger partial charge < -0.3 is 10.1 Å². The fourth-order valence-corrected chi connectivity index (χ4v) is 1.36. The summed E-state index contributed by atoms with van der Waals surface area (Å²) >= 11 is 0. The van der Waals surface area contributed by atoms with E-state index in [0.717, 1.165) is 5.56 Å². The third-order valence-electron chi connectivity index (χ3n) is 2.23. The van der Waals surface area contributed by atoms with Gasteiger partial charge in [-0.15, -0.1) is 0 Å². The molecule has 0 aliphatic carbocycles. The van der Waals surface area contributed by atoms with Crippen molar-refractivity contribution in [1.82, 2.24) is 25.1 Å². The first-order valence-electron chi connectivity index (χ1n) is 5.59. The summed E-state index contributed by atoms with van der Waals surface area (Å²) in [4.78, 5) is 19.0. The summed E-state index contributed by atoms with van der Waals surface area (Å²) in [6.07, 6.45) is 2.34. The molecule has 1 amide bonds. The molecule has 0 aliphatic heterocycles. The van der Waals surface area contributed by atoms with Gasteiger partial charge >= 0.3 is 6.09 Å². The normalized spacial score (nSPS) is 10.6. The molecule has 0 atom stereocenters. The number of aryl methyl sites for hydroxylation is 1. The summed E-state index contributed by atoms with van der Waals surface area (Å²) in [6, 6.07) is 0. The molecule has 2 heterocycles. The largest absolute Gasteiger partial charge is 0.414 e. The Bertz CT molecular complexity index is 585. The molecule has 7 nitrogen and oxygen atoms in total. The lowest BCUT2D eigenvalue weighted by Gasteiger charge is -2.05. The molecule has 2 aromatic rings. The lowest BCUT2D eigenvalue weighted by molar-refractivity contribution is 0.139. The van der Waals surface area contributed by atoms with Crippen molar-refractivity contribution in [3.63, 3.8) is 0 Å². The maximum Gasteiger partial charge on any atom is 0.414 e. The van der Waals surface area contributed by atoms with Gasteiger partial charge in [0.05, 0.1) is 30.8 Å². The second kappa shape index (κ2) is 6.04. The van der Waals surface area contributed by atoms with E-state index in [9.17, 15) is 13.6 Å². The van der Waals surface area contributed by atoms with Crippen LogP contribution in [0.25, 0.3) is 11.3 Å². The van der Waals surface area contributed by atoms with Crippen LogP contribution < -0.4 is 10.1 Å². The van der Waals surface area contributed by atoms with Crippen molar-refractivity contribution in [3.8, 4) is 17.1 Å². The molecule has 0 saturated carbocycles. The van der Waals surface area contributed by atoms with Crippen LogP contribution in [0.1, 0.15) is 0 Å². The van der Waals surface area contributed by atoms with E-state index in [0.29, 0.717) is 5.69 Å². The first kappa shape index (κ1) is 13.8. The summed E-state index contributed by atoms with van der Waals surface area (Å²) in [5.74, 6) is -0.0793. The summed E-state index contributed by atoms with van der Waals surface area (Å²) in [5.41, 5.74) is 1.31. The monoisotopic (exact) mass is 283 g/mol. The van der Waals surface area contributed by atoms with Crippen LogP contribution >= 0.6 is 0 Å². The number of hydrogen-bond acceptors (Lipinski definition) is 5. The summed E-state index contributed by atoms with van der Waals surface area (Å²) in [6.45, 7) is -0.778. The topological polar surface area (TPSA) is 81.9 Å². The maximum absolute atomic E-state index is 11.9. The number of aromatic nitrogens is 4. The SMILES string of the molecule is Cn1cc(-c2cnc(OC(=O)NCC(F)F)cn2)cn1. The average molecular weight is 283 g/mol. The van der Waals surface area contributed by atoms with Gasteiger partial charge in [0.1, 0.15) is 0 Å². The van der Waals surface area contributed by atoms with Crippen molar-refractivity contribution in [1.29, 1.82) is 0 Å². The predicted octanol–water partition coefficient (Wildman–Crippen LogP) is 1.23. The van der Waals surface area contributed by atoms with Crippen LogP contribution in [0.5, 0.6) is 5.88 Å². The predicted molar refractivity (Wildman–Crippen MR) is 64.3 cm³/mol. The molecule has 106 valence electrons. The second-order valence-electron chi connectivity index (χ2n) is 3.80. The van der Waals surface area contributed by atoms with E-state index in [-0.39, 0.29) is 5.88 Å². The summed E-state index contributed by atoms with van der Waals surface area (Å²) in [5, 5.41) is 5.88. The molecular weight excluding hydrogens is 272 g/mol. The number of amides is 1. The molecular formula is C11H11F2N5O2. The third-order valence-corrected chi connectivity index (χ3v) is 2.23. The smallest absolute Gasteiger partial charge is 0.390 e. The van der Waals surface area contributed by atoms with Crippen LogP contribution in [0.15, 0.2) is 24.8 Å². The summed E-state index contributed by atoms with van der Waals surface area (Å²) in [7, 11) is 1.77. The molecule has 2 aromatic heterocycles. The van der Waals surface area contributed by atoms with Crippen LogP contribution in [0, 0.1) is 0 Å². The van der Waals surface area contributed by atoms with Crippen LogP contribution in [0.4, 0.5) is 13.6 Å². The molecule has 9 heteroatoms. The highest BCUT2D eigenvalue weighted by atomic mass is 19.3. The van der Waals surface area contributed by atoms with E-state index >= 15 is 0 Å². The number of ether oxygens (including phenoxy) is 1. The van der Waals surface area contributed by atoms with Gasteiger partial charge in [0.25, 0.3) is 6.43 Å². The number of hydrogen-bond donors (Lipinski definition) is 1. The van der Waals surface area contributed by atoms with Crippen LogP contribution in [-0.2, 0) is 7.05 Å². The van der Waals surface area contributed by atoms with E-state index in [2.05, 4.69) is 19.8 Å². The minimum atomic E-state index is -2.64. The zero-order valence-corrected chi connectivity index (χ0v) is 10.5. The number of carbonyl (C=O) groups is 1. The highest BCUT2D eigenvalue weighted by Gasteiger charge is 2.10. The highest BCUT2D eigenvalue weighted by Crippen LogP contribution is 2.15. The fourth-order valence-electron chi connectivity index (χ4n) is 1.36. The average Bonchev–Trinajstić information content (AvgIpc) is 2.84. The number of nitrogens with one attached hydrogen (secondary N) is 1. The van der Waals surface area contributed by atoms with Crippen LogP contribution in [0.3, 0.4) is 0 Å². The van der Waals surface area contributed by atoms with Crippen molar-refractivity contribution < 1.29 is 18.3 Å². The lowest BCUT2D eigenvalue weighted by Crippen LogP contribution is -2.31. The molecule has 0 bridgehead atoms. The van der Waals surface area contributed by atoms with Gasteiger partial charge in [0, 0.05) is 18.8 Å². The molecule has 0 saturated heterocycles. The highest BCUT2D eigenvalue weighted by molar-refractivity contribution is 5.69. The molecule has 2 rings (SSSR count). The minimum Gasteiger partial charge on any atom is -0.390 e. The van der Waals surface area contributed by atoms with Gasteiger partial charge in [-0.1, -0.05) is 0 Å². The van der Waals surface area contributed by atoms with Crippen LogP contribution in [-0.4, -0.2) is 38.8 Å². The quantitative estimate of drug-likeness (QED) is 0.912. The fraction of sp³-hybridized carbons (Fsp3) is 0.273. The molecule has 0 fully saturated rings. The standard InChI is InChI=1S/C11H11F2N5O2/c1-18-6-7(2-17-18)8-3-15-10(5-14-8)20-11(19)16-4-9(12)13/h2-3,5-6,9H,4H2,1H3,(H,16,19). The van der Waals surface area contributed by atoms with Gasteiger partial charge in [-0.05, 0) is 0 Å². The zero-order chi connectivity index (χ0) is 14.5. The Kier molecular flexibility index (Phi) is 4.18. The van der Waals surface area contributed by atoms with Gasteiger partial charge in [0.15, 0.2) is 0 Å². The molecule has 0 radical (unpaired) electrons. The lowest BCUT2D eigenvalue weighted by atomic mass is 10.3. The van der Waals surface area contributed by atoms with E-state index in [1.165, 1.54) is 12.4 Å². The Morgan fingerprint density at radius 1 is 1.40 bits per heavy atom. The van der Waals surface area contributed by atoms with E-state index in [4.69, 9.17) is 0 Å². The Hall–Kier alpha value is -2.58. The van der Waals surface area contributed by atoms with Crippen LogP contribution in [0.2, 0.25) is 0 Å². The number of carbonyl (C=O) groups excluding carboxylic acids is 1. The Balaban J connectivity index is 1.96. The second-order valence-corrected chi connectivity index (χ2v) is 3.80. The molecule has 1 N–H and O–H groups in total. The minimum absolute atomic E-state index is 0.0793. The van der Waals surface area contributed by atoms with Crippen molar-refractivity contribution >= 4 is 6.09 Å². The molecule has 0 spiro atoms. The zero-order valence-electron chi connectivity index (χ0n) is 10.5. The van der Waals surface area contributed by atoms with Gasteiger partial charge in [0.2, 0.25) is 5.88 Å². The van der Waals surface area contributed by atoms with Crippen molar-refractivity contribution in [2.24, 2.45) is 7.05 Å². The number of alkyl halides is 2. The first-order valence-corrected chi connectivity index (χ1v) is 5.59. The Morgan fingerprint density at radius 2 is 2.20 bits per heavy atom. The third kappa shape index (κ3) is 3.70. The Labute approximate surface area is 112 Å². The van der Waals surface area contributed by atoms with E-state index < -0.39 is 19.1 Å². The number of rotatable bonds is 4.